The molecule has 0 unspecified atom stereocenters. The molecule has 1 aromatic carbocycles. The molecule has 0 aliphatic heterocycles. The van der Waals surface area contributed by atoms with Crippen LogP contribution in [0.5, 0.6) is 0 Å². The molecule has 0 heterocycles. The smallest absolute Gasteiger partial charge is 0.0566 e. The minimum atomic E-state index is -1.43. The minimum absolute atomic E-state index is 0.875. The molecule has 2 nitrogen and oxygen atoms in total. The fourth-order valence-corrected chi connectivity index (χ4v) is 12.4. The molecule has 154 valence electrons. The fraction of sp³-hybridized carbons (Fsp3) is 0.720. The van der Waals surface area contributed by atoms with Crippen LogP contribution in [0.15, 0.2) is 40.3 Å². The Balaban J connectivity index is 1.73. The molecule has 3 aliphatic carbocycles. The van der Waals surface area contributed by atoms with E-state index >= 15 is 0 Å². The molecule has 3 saturated carbocycles. The summed E-state index contributed by atoms with van der Waals surface area (Å²) in [5.74, 6) is 0. The van der Waals surface area contributed by atoms with Gasteiger partial charge in [-0.1, -0.05) is 88.1 Å². The summed E-state index contributed by atoms with van der Waals surface area (Å²) in [7, 11) is -1.43. The Kier molecular flexibility index (Phi) is 7.46. The third-order valence-electron chi connectivity index (χ3n) is 7.69. The van der Waals surface area contributed by atoms with Crippen molar-refractivity contribution in [1.82, 2.24) is 0 Å². The Bertz CT molecular complexity index is 611. The van der Waals surface area contributed by atoms with Gasteiger partial charge >= 0.3 is 0 Å². The van der Waals surface area contributed by atoms with Crippen molar-refractivity contribution in [1.29, 1.82) is 0 Å². The Morgan fingerprint density at radius 1 is 0.607 bits per heavy atom. The summed E-state index contributed by atoms with van der Waals surface area (Å²) in [5.41, 5.74) is 3.82. The highest BCUT2D eigenvalue weighted by molar-refractivity contribution is 7.68. The highest BCUT2D eigenvalue weighted by Crippen LogP contribution is 2.70. The van der Waals surface area contributed by atoms with Crippen LogP contribution in [0.4, 0.5) is 0 Å². The summed E-state index contributed by atoms with van der Waals surface area (Å²) in [5, 5.41) is 4.89. The van der Waals surface area contributed by atoms with Crippen LogP contribution in [0.2, 0.25) is 0 Å². The van der Waals surface area contributed by atoms with Crippen LogP contribution in [-0.2, 0) is 0 Å². The molecule has 4 rings (SSSR count). The predicted octanol–water partition coefficient (Wildman–Crippen LogP) is 8.22. The van der Waals surface area contributed by atoms with E-state index in [0.717, 1.165) is 17.0 Å². The van der Waals surface area contributed by atoms with Crippen LogP contribution < -0.4 is 0 Å². The van der Waals surface area contributed by atoms with Gasteiger partial charge in [0, 0.05) is 7.05 Å². The van der Waals surface area contributed by atoms with Crippen molar-refractivity contribution in [2.75, 3.05) is 0 Å². The van der Waals surface area contributed by atoms with Gasteiger partial charge in [0.25, 0.3) is 0 Å². The summed E-state index contributed by atoms with van der Waals surface area (Å²) >= 11 is 0. The van der Waals surface area contributed by atoms with Gasteiger partial charge in [-0.3, -0.25) is 0 Å². The van der Waals surface area contributed by atoms with Gasteiger partial charge in [0.1, 0.15) is 0 Å². The zero-order valence-corrected chi connectivity index (χ0v) is 18.5. The van der Waals surface area contributed by atoms with Crippen LogP contribution in [0, 0.1) is 0 Å². The fourth-order valence-electron chi connectivity index (χ4n) is 6.32. The highest BCUT2D eigenvalue weighted by Gasteiger charge is 2.44. The lowest BCUT2D eigenvalue weighted by molar-refractivity contribution is 0.454. The highest BCUT2D eigenvalue weighted by atomic mass is 31.2. The molecule has 0 amide bonds. The standard InChI is InChI=1S/C25H39N2P/c1-5-13-22(14-6-1)21-26-27-28(23-15-7-2-8-16-23,24-17-9-3-10-18-24)25-19-11-4-12-20-25/h1,5-6,13-14,21,23-25H,2-4,7-12,15-20H2/b26-21+. The lowest BCUT2D eigenvalue weighted by Gasteiger charge is -2.47. The maximum absolute atomic E-state index is 5.50. The number of rotatable bonds is 5. The minimum Gasteiger partial charge on any atom is -0.171 e. The maximum atomic E-state index is 5.50. The number of hydrogen-bond acceptors (Lipinski definition) is 1. The zero-order valence-electron chi connectivity index (χ0n) is 17.6. The third-order valence-corrected chi connectivity index (χ3v) is 13.2. The average Bonchev–Trinajstić information content (AvgIpc) is 2.79. The molecule has 0 saturated heterocycles. The summed E-state index contributed by atoms with van der Waals surface area (Å²) in [6.07, 6.45) is 23.6. The third kappa shape index (κ3) is 4.64. The van der Waals surface area contributed by atoms with Crippen molar-refractivity contribution >= 4 is 13.3 Å². The van der Waals surface area contributed by atoms with E-state index < -0.39 is 7.05 Å². The van der Waals surface area contributed by atoms with Gasteiger partial charge < -0.3 is 0 Å². The van der Waals surface area contributed by atoms with E-state index in [1.807, 2.05) is 6.21 Å². The first-order valence-corrected chi connectivity index (χ1v) is 14.0. The van der Waals surface area contributed by atoms with Crippen molar-refractivity contribution in [3.63, 3.8) is 0 Å². The zero-order chi connectivity index (χ0) is 19.1. The number of nitrogens with zero attached hydrogens (tertiary/aromatic N) is 2. The van der Waals surface area contributed by atoms with Gasteiger partial charge in [0.15, 0.2) is 0 Å². The summed E-state index contributed by atoms with van der Waals surface area (Å²) in [6.45, 7) is 0. The quantitative estimate of drug-likeness (QED) is 0.271. The molecule has 3 heteroatoms. The molecule has 0 N–H and O–H groups in total. The SMILES string of the molecule is C(=N\N=P(C1CCCCC1)(C1CCCCC1)C1CCCCC1)/c1ccccc1. The maximum Gasteiger partial charge on any atom is 0.0566 e. The second-order valence-electron chi connectivity index (χ2n) is 9.41. The molecule has 0 atom stereocenters. The van der Waals surface area contributed by atoms with Gasteiger partial charge in [0.05, 0.1) is 6.21 Å². The number of hydrogen-bond donors (Lipinski definition) is 0. The van der Waals surface area contributed by atoms with E-state index in [2.05, 4.69) is 30.3 Å². The van der Waals surface area contributed by atoms with Crippen molar-refractivity contribution in [3.8, 4) is 0 Å². The van der Waals surface area contributed by atoms with Crippen LogP contribution in [0.1, 0.15) is 102 Å². The van der Waals surface area contributed by atoms with Crippen LogP contribution >= 0.6 is 7.05 Å². The molecule has 0 aromatic heterocycles. The molecule has 0 radical (unpaired) electrons. The van der Waals surface area contributed by atoms with Gasteiger partial charge in [-0.2, -0.15) is 9.96 Å². The van der Waals surface area contributed by atoms with Crippen LogP contribution in [-0.4, -0.2) is 23.2 Å². The summed E-state index contributed by atoms with van der Waals surface area (Å²) < 4.78 is 0. The summed E-state index contributed by atoms with van der Waals surface area (Å²) in [4.78, 5) is 5.50. The molecule has 3 aliphatic rings. The van der Waals surface area contributed by atoms with E-state index in [4.69, 9.17) is 9.96 Å². The molecule has 0 spiro atoms. The summed E-state index contributed by atoms with van der Waals surface area (Å²) in [6, 6.07) is 10.6. The van der Waals surface area contributed by atoms with Crippen molar-refractivity contribution in [3.05, 3.63) is 35.9 Å². The van der Waals surface area contributed by atoms with Crippen molar-refractivity contribution in [2.24, 2.45) is 9.96 Å². The first-order chi connectivity index (χ1) is 13.9. The second kappa shape index (κ2) is 10.2. The van der Waals surface area contributed by atoms with Crippen LogP contribution in [0.3, 0.4) is 0 Å². The molecule has 0 bridgehead atoms. The second-order valence-corrected chi connectivity index (χ2v) is 13.4. The van der Waals surface area contributed by atoms with Gasteiger partial charge in [-0.15, -0.1) is 0 Å². The lowest BCUT2D eigenvalue weighted by atomic mass is 9.99. The Morgan fingerprint density at radius 2 is 1.04 bits per heavy atom. The Hall–Kier alpha value is -0.880. The molecule has 3 fully saturated rings. The molecular weight excluding hydrogens is 359 g/mol. The topological polar surface area (TPSA) is 24.7 Å². The first kappa shape index (κ1) is 20.4. The predicted molar refractivity (Wildman–Crippen MR) is 124 cm³/mol. The van der Waals surface area contributed by atoms with E-state index in [-0.39, 0.29) is 0 Å². The van der Waals surface area contributed by atoms with E-state index in [0.29, 0.717) is 0 Å². The normalized spacial score (nSPS) is 23.9. The number of benzene rings is 1. The van der Waals surface area contributed by atoms with Crippen molar-refractivity contribution < 1.29 is 0 Å². The lowest BCUT2D eigenvalue weighted by Crippen LogP contribution is -2.31. The van der Waals surface area contributed by atoms with Crippen LogP contribution in [0.25, 0.3) is 0 Å². The first-order valence-electron chi connectivity index (χ1n) is 12.1. The molecule has 1 aromatic rings. The molecular formula is C25H39N2P. The van der Waals surface area contributed by atoms with Gasteiger partial charge in [-0.25, -0.2) is 0 Å². The van der Waals surface area contributed by atoms with Gasteiger partial charge in [0.2, 0.25) is 0 Å². The average molecular weight is 399 g/mol. The Morgan fingerprint density at radius 3 is 1.46 bits per heavy atom. The largest absolute Gasteiger partial charge is 0.171 e. The van der Waals surface area contributed by atoms with E-state index in [1.54, 1.807) is 0 Å². The van der Waals surface area contributed by atoms with Crippen molar-refractivity contribution in [2.45, 2.75) is 113 Å². The van der Waals surface area contributed by atoms with E-state index in [9.17, 15) is 0 Å². The monoisotopic (exact) mass is 398 g/mol. The van der Waals surface area contributed by atoms with Gasteiger partial charge in [-0.05, 0) is 61.1 Å². The molecule has 28 heavy (non-hydrogen) atoms. The Labute approximate surface area is 172 Å². The van der Waals surface area contributed by atoms with E-state index in [1.165, 1.54) is 102 Å².